The highest BCUT2D eigenvalue weighted by Gasteiger charge is 2.29. The van der Waals surface area contributed by atoms with Crippen LogP contribution >= 0.6 is 23.4 Å². The van der Waals surface area contributed by atoms with Gasteiger partial charge in [0.05, 0.1) is 11.9 Å². The van der Waals surface area contributed by atoms with Crippen LogP contribution in [-0.2, 0) is 14.8 Å². The fraction of sp³-hybridized carbons (Fsp3) is 0.611. The summed E-state index contributed by atoms with van der Waals surface area (Å²) in [6, 6.07) is 5.67. The number of carbonyl (C=O) groups excluding carboxylic acids is 1. The first-order valence-electron chi connectivity index (χ1n) is 8.93. The van der Waals surface area contributed by atoms with E-state index in [4.69, 9.17) is 11.6 Å². The van der Waals surface area contributed by atoms with Gasteiger partial charge in [0, 0.05) is 22.6 Å². The number of hydrogen-bond donors (Lipinski definition) is 1. The Morgan fingerprint density at radius 3 is 2.65 bits per heavy atom. The first-order chi connectivity index (χ1) is 12.3. The van der Waals surface area contributed by atoms with Crippen molar-refractivity contribution in [3.8, 4) is 0 Å². The lowest BCUT2D eigenvalue weighted by atomic mass is 10.0. The lowest BCUT2D eigenvalue weighted by Crippen LogP contribution is -2.48. The predicted molar refractivity (Wildman–Crippen MR) is 111 cm³/mol. The molecule has 1 atom stereocenters. The molecule has 1 aliphatic rings. The molecule has 1 saturated carbocycles. The molecule has 0 spiro atoms. The summed E-state index contributed by atoms with van der Waals surface area (Å²) >= 11 is 7.87. The first-order valence-corrected chi connectivity index (χ1v) is 12.2. The van der Waals surface area contributed by atoms with E-state index in [1.54, 1.807) is 31.2 Å². The van der Waals surface area contributed by atoms with Crippen LogP contribution in [0.1, 0.15) is 39.0 Å². The van der Waals surface area contributed by atoms with Gasteiger partial charge in [0.1, 0.15) is 6.04 Å². The average Bonchev–Trinajstić information content (AvgIpc) is 2.58. The molecule has 0 bridgehead atoms. The standard InChI is InChI=1S/C18H27ClN2O3S2/c1-14(18(22)20-11-12-25-17-9-4-3-5-10-17)21(26(2,23)24)16-8-6-7-15(19)13-16/h6-8,13-14,17H,3-5,9-12H2,1-2H3,(H,20,22)/t14-/m0/s1. The van der Waals surface area contributed by atoms with Crippen LogP contribution < -0.4 is 9.62 Å². The van der Waals surface area contributed by atoms with Crippen LogP contribution in [0.25, 0.3) is 0 Å². The van der Waals surface area contributed by atoms with Gasteiger partial charge in [-0.15, -0.1) is 0 Å². The third-order valence-corrected chi connectivity index (χ3v) is 7.32. The second-order valence-electron chi connectivity index (χ2n) is 6.64. The molecule has 5 nitrogen and oxygen atoms in total. The predicted octanol–water partition coefficient (Wildman–Crippen LogP) is 3.68. The molecule has 0 unspecified atom stereocenters. The summed E-state index contributed by atoms with van der Waals surface area (Å²) in [6.45, 7) is 2.13. The normalized spacial score (nSPS) is 16.9. The first kappa shape index (κ1) is 21.4. The van der Waals surface area contributed by atoms with Crippen molar-refractivity contribution in [1.82, 2.24) is 5.32 Å². The lowest BCUT2D eigenvalue weighted by Gasteiger charge is -2.28. The zero-order valence-electron chi connectivity index (χ0n) is 15.3. The number of sulfonamides is 1. The minimum Gasteiger partial charge on any atom is -0.353 e. The number of thioether (sulfide) groups is 1. The Bertz CT molecular complexity index is 706. The Morgan fingerprint density at radius 1 is 1.35 bits per heavy atom. The summed E-state index contributed by atoms with van der Waals surface area (Å²) < 4.78 is 25.6. The molecule has 0 aromatic heterocycles. The molecule has 1 aliphatic carbocycles. The maximum absolute atomic E-state index is 12.5. The monoisotopic (exact) mass is 418 g/mol. The van der Waals surface area contributed by atoms with Crippen molar-refractivity contribution in [3.63, 3.8) is 0 Å². The molecule has 26 heavy (non-hydrogen) atoms. The van der Waals surface area contributed by atoms with Crippen molar-refractivity contribution in [2.24, 2.45) is 0 Å². The fourth-order valence-electron chi connectivity index (χ4n) is 3.20. The number of anilines is 1. The molecule has 0 saturated heterocycles. The second-order valence-corrected chi connectivity index (χ2v) is 10.3. The number of benzene rings is 1. The summed E-state index contributed by atoms with van der Waals surface area (Å²) in [7, 11) is -3.62. The molecule has 1 aromatic rings. The van der Waals surface area contributed by atoms with Gasteiger partial charge < -0.3 is 5.32 Å². The molecule has 1 N–H and O–H groups in total. The van der Waals surface area contributed by atoms with Crippen LogP contribution in [0, 0.1) is 0 Å². The molecule has 1 amide bonds. The highest BCUT2D eigenvalue weighted by atomic mass is 35.5. The topological polar surface area (TPSA) is 66.5 Å². The Balaban J connectivity index is 1.92. The SMILES string of the molecule is C[C@@H](C(=O)NCCSC1CCCCC1)N(c1cccc(Cl)c1)S(C)(=O)=O. The number of nitrogens with one attached hydrogen (secondary N) is 1. The molecule has 0 radical (unpaired) electrons. The molecule has 2 rings (SSSR count). The summed E-state index contributed by atoms with van der Waals surface area (Å²) in [5, 5.41) is 3.98. The quantitative estimate of drug-likeness (QED) is 0.654. The maximum atomic E-state index is 12.5. The number of rotatable bonds is 8. The van der Waals surface area contributed by atoms with E-state index >= 15 is 0 Å². The molecule has 8 heteroatoms. The summed E-state index contributed by atoms with van der Waals surface area (Å²) in [5.41, 5.74) is 0.388. The number of nitrogens with zero attached hydrogens (tertiary/aromatic N) is 1. The van der Waals surface area contributed by atoms with Crippen LogP contribution in [0.2, 0.25) is 5.02 Å². The lowest BCUT2D eigenvalue weighted by molar-refractivity contribution is -0.121. The van der Waals surface area contributed by atoms with Gasteiger partial charge in [0.2, 0.25) is 15.9 Å². The smallest absolute Gasteiger partial charge is 0.243 e. The van der Waals surface area contributed by atoms with Crippen LogP contribution in [-0.4, -0.2) is 44.2 Å². The number of hydrogen-bond acceptors (Lipinski definition) is 4. The molecular weight excluding hydrogens is 392 g/mol. The van der Waals surface area contributed by atoms with E-state index in [1.807, 2.05) is 11.8 Å². The van der Waals surface area contributed by atoms with E-state index in [1.165, 1.54) is 32.1 Å². The molecule has 0 aliphatic heterocycles. The zero-order chi connectivity index (χ0) is 19.2. The van der Waals surface area contributed by atoms with Gasteiger partial charge in [-0.2, -0.15) is 11.8 Å². The Morgan fingerprint density at radius 2 is 2.04 bits per heavy atom. The van der Waals surface area contributed by atoms with Crippen molar-refractivity contribution in [2.45, 2.75) is 50.3 Å². The van der Waals surface area contributed by atoms with Crippen molar-refractivity contribution in [2.75, 3.05) is 22.9 Å². The number of amides is 1. The minimum atomic E-state index is -3.62. The van der Waals surface area contributed by atoms with Crippen molar-refractivity contribution in [3.05, 3.63) is 29.3 Å². The van der Waals surface area contributed by atoms with Gasteiger partial charge in [-0.25, -0.2) is 8.42 Å². The van der Waals surface area contributed by atoms with E-state index in [-0.39, 0.29) is 5.91 Å². The fourth-order valence-corrected chi connectivity index (χ4v) is 5.77. The summed E-state index contributed by atoms with van der Waals surface area (Å²) in [6.07, 6.45) is 7.53. The third kappa shape index (κ3) is 6.35. The van der Waals surface area contributed by atoms with E-state index in [0.29, 0.717) is 22.5 Å². The van der Waals surface area contributed by atoms with Crippen LogP contribution in [0.15, 0.2) is 24.3 Å². The second kappa shape index (κ2) is 9.85. The van der Waals surface area contributed by atoms with Crippen LogP contribution in [0.4, 0.5) is 5.69 Å². The molecule has 1 fully saturated rings. The van der Waals surface area contributed by atoms with Crippen LogP contribution in [0.5, 0.6) is 0 Å². The highest BCUT2D eigenvalue weighted by Crippen LogP contribution is 2.28. The molecule has 146 valence electrons. The number of halogens is 1. The van der Waals surface area contributed by atoms with E-state index in [0.717, 1.165) is 16.3 Å². The van der Waals surface area contributed by atoms with Crippen molar-refractivity contribution < 1.29 is 13.2 Å². The Labute approximate surface area is 165 Å². The van der Waals surface area contributed by atoms with Crippen LogP contribution in [0.3, 0.4) is 0 Å². The van der Waals surface area contributed by atoms with Gasteiger partial charge >= 0.3 is 0 Å². The summed E-state index contributed by atoms with van der Waals surface area (Å²) in [4.78, 5) is 12.5. The van der Waals surface area contributed by atoms with Gasteiger partial charge in [0.25, 0.3) is 0 Å². The van der Waals surface area contributed by atoms with Crippen molar-refractivity contribution in [1.29, 1.82) is 0 Å². The maximum Gasteiger partial charge on any atom is 0.243 e. The Hall–Kier alpha value is -0.920. The highest BCUT2D eigenvalue weighted by molar-refractivity contribution is 7.99. The molecule has 1 aromatic carbocycles. The molecule has 0 heterocycles. The van der Waals surface area contributed by atoms with Crippen molar-refractivity contribution >= 4 is 45.0 Å². The Kier molecular flexibility index (Phi) is 8.10. The van der Waals surface area contributed by atoms with Gasteiger partial charge in [-0.1, -0.05) is 36.9 Å². The minimum absolute atomic E-state index is 0.306. The van der Waals surface area contributed by atoms with E-state index < -0.39 is 16.1 Å². The third-order valence-electron chi connectivity index (χ3n) is 4.46. The number of carbonyl (C=O) groups is 1. The summed E-state index contributed by atoms with van der Waals surface area (Å²) in [5.74, 6) is 0.541. The van der Waals surface area contributed by atoms with Gasteiger partial charge in [-0.3, -0.25) is 9.10 Å². The van der Waals surface area contributed by atoms with E-state index in [2.05, 4.69) is 5.32 Å². The van der Waals surface area contributed by atoms with Gasteiger partial charge in [0.15, 0.2) is 0 Å². The van der Waals surface area contributed by atoms with E-state index in [9.17, 15) is 13.2 Å². The largest absolute Gasteiger partial charge is 0.353 e. The average molecular weight is 419 g/mol. The van der Waals surface area contributed by atoms with Gasteiger partial charge in [-0.05, 0) is 38.0 Å². The zero-order valence-corrected chi connectivity index (χ0v) is 17.7. The molecular formula is C18H27ClN2O3S2.